The average Bonchev–Trinajstić information content (AvgIpc) is 2.52. The van der Waals surface area contributed by atoms with E-state index in [1.807, 2.05) is 0 Å². The zero-order valence-electron chi connectivity index (χ0n) is 12.9. The van der Waals surface area contributed by atoms with Crippen LogP contribution in [0.1, 0.15) is 16.2 Å². The fourth-order valence-corrected chi connectivity index (χ4v) is 2.09. The minimum atomic E-state index is -0.527. The maximum atomic E-state index is 12.2. The Hall–Kier alpha value is -2.42. The summed E-state index contributed by atoms with van der Waals surface area (Å²) in [7, 11) is 5.07. The SMILES string of the molecule is COc1ccc(Br)c(C(=O)OCc2nc(N)nc(N(C)C)n2)c1. The molecule has 2 aromatic rings. The summed E-state index contributed by atoms with van der Waals surface area (Å²) in [5.74, 6) is 0.762. The summed E-state index contributed by atoms with van der Waals surface area (Å²) in [4.78, 5) is 26.0. The smallest absolute Gasteiger partial charge is 0.339 e. The zero-order valence-corrected chi connectivity index (χ0v) is 14.5. The molecule has 0 aliphatic carbocycles. The van der Waals surface area contributed by atoms with Gasteiger partial charge in [-0.1, -0.05) is 0 Å². The molecule has 0 amide bonds. The van der Waals surface area contributed by atoms with E-state index in [9.17, 15) is 4.79 Å². The molecule has 0 radical (unpaired) electrons. The Morgan fingerprint density at radius 1 is 1.30 bits per heavy atom. The predicted octanol–water partition coefficient (Wildman–Crippen LogP) is 1.65. The predicted molar refractivity (Wildman–Crippen MR) is 88.4 cm³/mol. The number of nitrogens with two attached hydrogens (primary N) is 1. The lowest BCUT2D eigenvalue weighted by atomic mass is 10.2. The summed E-state index contributed by atoms with van der Waals surface area (Å²) in [6, 6.07) is 5.02. The number of carbonyl (C=O) groups is 1. The number of hydrogen-bond acceptors (Lipinski definition) is 8. The molecule has 0 unspecified atom stereocenters. The lowest BCUT2D eigenvalue weighted by molar-refractivity contribution is 0.0460. The first kappa shape index (κ1) is 16.9. The Morgan fingerprint density at radius 3 is 2.70 bits per heavy atom. The molecular weight excluding hydrogens is 366 g/mol. The quantitative estimate of drug-likeness (QED) is 0.779. The van der Waals surface area contributed by atoms with Gasteiger partial charge in [0.1, 0.15) is 5.75 Å². The Labute approximate surface area is 141 Å². The molecule has 2 rings (SSSR count). The van der Waals surface area contributed by atoms with Gasteiger partial charge in [-0.25, -0.2) is 4.79 Å². The third-order valence-corrected chi connectivity index (χ3v) is 3.50. The molecule has 0 bridgehead atoms. The number of nitrogen functional groups attached to an aromatic ring is 1. The molecule has 0 atom stereocenters. The Morgan fingerprint density at radius 2 is 2.04 bits per heavy atom. The van der Waals surface area contributed by atoms with E-state index in [4.69, 9.17) is 15.2 Å². The van der Waals surface area contributed by atoms with Gasteiger partial charge in [-0.05, 0) is 34.1 Å². The van der Waals surface area contributed by atoms with Crippen molar-refractivity contribution >= 4 is 33.8 Å². The molecule has 0 spiro atoms. The Bertz CT molecular complexity index is 724. The maximum Gasteiger partial charge on any atom is 0.339 e. The van der Waals surface area contributed by atoms with Crippen molar-refractivity contribution in [2.45, 2.75) is 6.61 Å². The minimum Gasteiger partial charge on any atom is -0.497 e. The number of esters is 1. The van der Waals surface area contributed by atoms with Gasteiger partial charge in [0.25, 0.3) is 0 Å². The van der Waals surface area contributed by atoms with Crippen LogP contribution in [0.5, 0.6) is 5.75 Å². The van der Waals surface area contributed by atoms with E-state index in [1.54, 1.807) is 37.2 Å². The van der Waals surface area contributed by atoms with E-state index in [2.05, 4.69) is 30.9 Å². The molecule has 0 fully saturated rings. The van der Waals surface area contributed by atoms with Crippen molar-refractivity contribution in [3.63, 3.8) is 0 Å². The molecule has 9 heteroatoms. The van der Waals surface area contributed by atoms with E-state index in [-0.39, 0.29) is 18.4 Å². The summed E-state index contributed by atoms with van der Waals surface area (Å²) in [5.41, 5.74) is 5.97. The second-order valence-electron chi connectivity index (χ2n) is 4.73. The van der Waals surface area contributed by atoms with Crippen molar-refractivity contribution in [1.82, 2.24) is 15.0 Å². The van der Waals surface area contributed by atoms with Crippen LogP contribution in [0.25, 0.3) is 0 Å². The minimum absolute atomic E-state index is 0.0670. The number of nitrogens with zero attached hydrogens (tertiary/aromatic N) is 4. The number of hydrogen-bond donors (Lipinski definition) is 1. The van der Waals surface area contributed by atoms with E-state index in [1.165, 1.54) is 7.11 Å². The Balaban J connectivity index is 2.13. The van der Waals surface area contributed by atoms with Gasteiger partial charge >= 0.3 is 5.97 Å². The van der Waals surface area contributed by atoms with E-state index in [0.29, 0.717) is 21.7 Å². The molecule has 0 saturated carbocycles. The largest absolute Gasteiger partial charge is 0.497 e. The van der Waals surface area contributed by atoms with Crippen molar-refractivity contribution < 1.29 is 14.3 Å². The highest BCUT2D eigenvalue weighted by Crippen LogP contribution is 2.23. The molecule has 0 aliphatic rings. The highest BCUT2D eigenvalue weighted by Gasteiger charge is 2.15. The first-order valence-electron chi connectivity index (χ1n) is 6.59. The molecule has 0 aliphatic heterocycles. The van der Waals surface area contributed by atoms with E-state index < -0.39 is 5.97 Å². The van der Waals surface area contributed by atoms with Crippen molar-refractivity contribution in [2.75, 3.05) is 31.8 Å². The lowest BCUT2D eigenvalue weighted by Gasteiger charge is -2.12. The fraction of sp³-hybridized carbons (Fsp3) is 0.286. The fourth-order valence-electron chi connectivity index (χ4n) is 1.69. The highest BCUT2D eigenvalue weighted by molar-refractivity contribution is 9.10. The summed E-state index contributed by atoms with van der Waals surface area (Å²) in [6.45, 7) is -0.115. The van der Waals surface area contributed by atoms with Crippen molar-refractivity contribution in [3.8, 4) is 5.75 Å². The van der Waals surface area contributed by atoms with Crippen LogP contribution >= 0.6 is 15.9 Å². The molecule has 1 aromatic carbocycles. The standard InChI is InChI=1S/C14H16BrN5O3/c1-20(2)14-18-11(17-13(16)19-14)7-23-12(21)9-6-8(22-3)4-5-10(9)15/h4-6H,7H2,1-3H3,(H2,16,17,18,19). The van der Waals surface area contributed by atoms with Crippen LogP contribution in [0.4, 0.5) is 11.9 Å². The van der Waals surface area contributed by atoms with Crippen LogP contribution < -0.4 is 15.4 Å². The molecular formula is C14H16BrN5O3. The monoisotopic (exact) mass is 381 g/mol. The number of aromatic nitrogens is 3. The third kappa shape index (κ3) is 4.28. The molecule has 1 heterocycles. The summed E-state index contributed by atoms with van der Waals surface area (Å²) >= 11 is 3.30. The second kappa shape index (κ2) is 7.23. The van der Waals surface area contributed by atoms with Crippen LogP contribution in [-0.4, -0.2) is 42.1 Å². The number of methoxy groups -OCH3 is 1. The topological polar surface area (TPSA) is 103 Å². The molecule has 0 saturated heterocycles. The van der Waals surface area contributed by atoms with Gasteiger partial charge in [-0.15, -0.1) is 0 Å². The molecule has 2 N–H and O–H groups in total. The molecule has 8 nitrogen and oxygen atoms in total. The van der Waals surface area contributed by atoms with Crippen molar-refractivity contribution in [1.29, 1.82) is 0 Å². The van der Waals surface area contributed by atoms with Gasteiger partial charge in [-0.2, -0.15) is 15.0 Å². The highest BCUT2D eigenvalue weighted by atomic mass is 79.9. The van der Waals surface area contributed by atoms with Gasteiger partial charge in [0.05, 0.1) is 12.7 Å². The van der Waals surface area contributed by atoms with Gasteiger partial charge in [0, 0.05) is 18.6 Å². The summed E-state index contributed by atoms with van der Waals surface area (Å²) < 4.78 is 10.9. The van der Waals surface area contributed by atoms with E-state index in [0.717, 1.165) is 0 Å². The summed E-state index contributed by atoms with van der Waals surface area (Å²) in [5, 5.41) is 0. The van der Waals surface area contributed by atoms with Crippen LogP contribution in [0.15, 0.2) is 22.7 Å². The molecule has 23 heavy (non-hydrogen) atoms. The van der Waals surface area contributed by atoms with Crippen LogP contribution in [0, 0.1) is 0 Å². The van der Waals surface area contributed by atoms with Gasteiger partial charge in [0.15, 0.2) is 12.4 Å². The first-order valence-corrected chi connectivity index (χ1v) is 7.38. The number of halogens is 1. The summed E-state index contributed by atoms with van der Waals surface area (Å²) in [6.07, 6.45) is 0. The van der Waals surface area contributed by atoms with Crippen molar-refractivity contribution in [3.05, 3.63) is 34.1 Å². The van der Waals surface area contributed by atoms with Crippen LogP contribution in [-0.2, 0) is 11.3 Å². The maximum absolute atomic E-state index is 12.2. The molecule has 122 valence electrons. The first-order chi connectivity index (χ1) is 10.9. The van der Waals surface area contributed by atoms with Gasteiger partial charge in [0.2, 0.25) is 11.9 Å². The van der Waals surface area contributed by atoms with E-state index >= 15 is 0 Å². The van der Waals surface area contributed by atoms with Gasteiger partial charge < -0.3 is 20.1 Å². The van der Waals surface area contributed by atoms with Crippen LogP contribution in [0.2, 0.25) is 0 Å². The van der Waals surface area contributed by atoms with Crippen molar-refractivity contribution in [2.24, 2.45) is 0 Å². The number of benzene rings is 1. The lowest BCUT2D eigenvalue weighted by Crippen LogP contribution is -2.17. The van der Waals surface area contributed by atoms with Gasteiger partial charge in [-0.3, -0.25) is 0 Å². The number of rotatable bonds is 5. The normalized spacial score (nSPS) is 10.3. The zero-order chi connectivity index (χ0) is 17.0. The number of anilines is 2. The Kier molecular flexibility index (Phi) is 5.32. The van der Waals surface area contributed by atoms with Crippen LogP contribution in [0.3, 0.4) is 0 Å². The number of carbonyl (C=O) groups excluding carboxylic acids is 1. The molecule has 1 aromatic heterocycles. The average molecular weight is 382 g/mol. The second-order valence-corrected chi connectivity index (χ2v) is 5.58. The number of ether oxygens (including phenoxy) is 2. The third-order valence-electron chi connectivity index (χ3n) is 2.81.